The summed E-state index contributed by atoms with van der Waals surface area (Å²) in [5, 5.41) is 22.1. The fourth-order valence-corrected chi connectivity index (χ4v) is 3.36. The van der Waals surface area contributed by atoms with Gasteiger partial charge < -0.3 is 5.73 Å². The highest BCUT2D eigenvalue weighted by atomic mass is 32.1. The monoisotopic (exact) mass is 336 g/mol. The number of nitrogens with two attached hydrogens (primary N) is 1. The second-order valence-electron chi connectivity index (χ2n) is 5.16. The van der Waals surface area contributed by atoms with Crippen molar-refractivity contribution in [3.05, 3.63) is 63.0 Å². The van der Waals surface area contributed by atoms with E-state index in [9.17, 15) is 15.4 Å². The van der Waals surface area contributed by atoms with E-state index in [1.54, 1.807) is 18.2 Å². The Bertz CT molecular complexity index is 971. The van der Waals surface area contributed by atoms with Crippen LogP contribution in [0.15, 0.2) is 41.8 Å². The molecule has 0 unspecified atom stereocenters. The van der Waals surface area contributed by atoms with E-state index in [1.165, 1.54) is 23.5 Å². The number of nitrogen functional groups attached to an aromatic ring is 1. The van der Waals surface area contributed by atoms with Crippen molar-refractivity contribution in [2.45, 2.75) is 6.92 Å². The number of hydrogen-bond acceptors (Lipinski definition) is 6. The Balaban J connectivity index is 2.17. The molecule has 2 heterocycles. The third kappa shape index (κ3) is 2.71. The van der Waals surface area contributed by atoms with Crippen molar-refractivity contribution < 1.29 is 4.92 Å². The Hall–Kier alpha value is -3.24. The minimum Gasteiger partial charge on any atom is -0.383 e. The Morgan fingerprint density at radius 1 is 1.29 bits per heavy atom. The first-order valence-electron chi connectivity index (χ1n) is 7.01. The minimum atomic E-state index is -0.454. The first-order chi connectivity index (χ1) is 11.5. The number of benzene rings is 1. The molecule has 3 aromatic rings. The van der Waals surface area contributed by atoms with Gasteiger partial charge in [-0.25, -0.2) is 4.98 Å². The van der Waals surface area contributed by atoms with E-state index < -0.39 is 4.92 Å². The fourth-order valence-electron chi connectivity index (χ4n) is 2.41. The first kappa shape index (κ1) is 15.6. The van der Waals surface area contributed by atoms with Crippen LogP contribution in [0.4, 0.5) is 11.5 Å². The van der Waals surface area contributed by atoms with Crippen LogP contribution in [0.25, 0.3) is 21.7 Å². The van der Waals surface area contributed by atoms with Gasteiger partial charge in [-0.1, -0.05) is 0 Å². The van der Waals surface area contributed by atoms with E-state index in [1.807, 2.05) is 18.4 Å². The Morgan fingerprint density at radius 3 is 2.54 bits per heavy atom. The van der Waals surface area contributed by atoms with Crippen LogP contribution >= 0.6 is 11.3 Å². The number of anilines is 1. The molecule has 1 aromatic carbocycles. The molecule has 0 fully saturated rings. The van der Waals surface area contributed by atoms with Gasteiger partial charge in [0.25, 0.3) is 5.69 Å². The maximum absolute atomic E-state index is 10.8. The molecule has 3 rings (SSSR count). The Kier molecular flexibility index (Phi) is 3.98. The lowest BCUT2D eigenvalue weighted by molar-refractivity contribution is -0.384. The number of rotatable bonds is 3. The summed E-state index contributed by atoms with van der Waals surface area (Å²) in [5.41, 5.74) is 9.37. The zero-order chi connectivity index (χ0) is 17.3. The van der Waals surface area contributed by atoms with Gasteiger partial charge in [0.05, 0.1) is 10.6 Å². The van der Waals surface area contributed by atoms with Gasteiger partial charge in [-0.2, -0.15) is 5.26 Å². The SMILES string of the molecule is Cc1ccsc1-c1cc(-c2ccc([N+](=O)[O-])cc2)nc(N)c1C#N. The molecule has 0 saturated heterocycles. The largest absolute Gasteiger partial charge is 0.383 e. The van der Waals surface area contributed by atoms with Crippen molar-refractivity contribution in [1.29, 1.82) is 5.26 Å². The quantitative estimate of drug-likeness (QED) is 0.571. The van der Waals surface area contributed by atoms with Gasteiger partial charge in [0.15, 0.2) is 0 Å². The minimum absolute atomic E-state index is 0.00897. The molecule has 0 aliphatic heterocycles. The third-order valence-electron chi connectivity index (χ3n) is 3.64. The van der Waals surface area contributed by atoms with E-state index in [-0.39, 0.29) is 11.5 Å². The normalized spacial score (nSPS) is 10.3. The molecular weight excluding hydrogens is 324 g/mol. The number of non-ortho nitro benzene ring substituents is 1. The maximum Gasteiger partial charge on any atom is 0.269 e. The molecule has 0 bridgehead atoms. The number of aryl methyl sites for hydroxylation is 1. The lowest BCUT2D eigenvalue weighted by Gasteiger charge is -2.09. The van der Waals surface area contributed by atoms with Gasteiger partial charge in [0, 0.05) is 28.1 Å². The number of thiophene rings is 1. The second-order valence-corrected chi connectivity index (χ2v) is 6.08. The Morgan fingerprint density at radius 2 is 2.00 bits per heavy atom. The highest BCUT2D eigenvalue weighted by molar-refractivity contribution is 7.13. The summed E-state index contributed by atoms with van der Waals surface area (Å²) in [6.07, 6.45) is 0. The predicted molar refractivity (Wildman–Crippen MR) is 93.5 cm³/mol. The van der Waals surface area contributed by atoms with Gasteiger partial charge >= 0.3 is 0 Å². The maximum atomic E-state index is 10.8. The Labute approximate surface area is 142 Å². The highest BCUT2D eigenvalue weighted by Gasteiger charge is 2.16. The smallest absolute Gasteiger partial charge is 0.269 e. The van der Waals surface area contributed by atoms with Gasteiger partial charge in [-0.15, -0.1) is 11.3 Å². The van der Waals surface area contributed by atoms with Crippen molar-refractivity contribution in [3.63, 3.8) is 0 Å². The van der Waals surface area contributed by atoms with Crippen molar-refractivity contribution >= 4 is 22.8 Å². The fraction of sp³-hybridized carbons (Fsp3) is 0.0588. The molecule has 0 aliphatic carbocycles. The molecule has 0 atom stereocenters. The number of pyridine rings is 1. The summed E-state index contributed by atoms with van der Waals surface area (Å²) in [7, 11) is 0. The zero-order valence-corrected chi connectivity index (χ0v) is 13.5. The van der Waals surface area contributed by atoms with Gasteiger partial charge in [0.1, 0.15) is 17.5 Å². The molecular formula is C17H12N4O2S. The van der Waals surface area contributed by atoms with Crippen LogP contribution in [-0.4, -0.2) is 9.91 Å². The van der Waals surface area contributed by atoms with Crippen molar-refractivity contribution in [1.82, 2.24) is 4.98 Å². The molecule has 2 aromatic heterocycles. The van der Waals surface area contributed by atoms with Crippen LogP contribution in [0.1, 0.15) is 11.1 Å². The summed E-state index contributed by atoms with van der Waals surface area (Å²) in [5.74, 6) is 0.149. The average Bonchev–Trinajstić information content (AvgIpc) is 3.00. The molecule has 7 heteroatoms. The molecule has 0 aliphatic rings. The molecule has 0 spiro atoms. The highest BCUT2D eigenvalue weighted by Crippen LogP contribution is 2.36. The van der Waals surface area contributed by atoms with E-state index >= 15 is 0 Å². The summed E-state index contributed by atoms with van der Waals surface area (Å²) >= 11 is 1.53. The molecule has 2 N–H and O–H groups in total. The van der Waals surface area contributed by atoms with Gasteiger partial charge in [-0.05, 0) is 42.1 Å². The van der Waals surface area contributed by atoms with E-state index in [4.69, 9.17) is 5.73 Å². The molecule has 24 heavy (non-hydrogen) atoms. The van der Waals surface area contributed by atoms with Crippen molar-refractivity contribution in [3.8, 4) is 27.8 Å². The zero-order valence-electron chi connectivity index (χ0n) is 12.7. The van der Waals surface area contributed by atoms with Crippen molar-refractivity contribution in [2.75, 3.05) is 5.73 Å². The van der Waals surface area contributed by atoms with Crippen LogP contribution < -0.4 is 5.73 Å². The number of nitrogens with zero attached hydrogens (tertiary/aromatic N) is 3. The van der Waals surface area contributed by atoms with Gasteiger partial charge in [-0.3, -0.25) is 10.1 Å². The number of nitro groups is 1. The number of nitriles is 1. The lowest BCUT2D eigenvalue weighted by Crippen LogP contribution is -1.99. The topological polar surface area (TPSA) is 106 Å². The molecule has 0 radical (unpaired) electrons. The van der Waals surface area contributed by atoms with Crippen LogP contribution in [0.2, 0.25) is 0 Å². The van der Waals surface area contributed by atoms with Crippen LogP contribution in [-0.2, 0) is 0 Å². The summed E-state index contributed by atoms with van der Waals surface area (Å²) in [4.78, 5) is 15.6. The second kappa shape index (κ2) is 6.10. The molecule has 118 valence electrons. The van der Waals surface area contributed by atoms with Crippen LogP contribution in [0.3, 0.4) is 0 Å². The molecule has 6 nitrogen and oxygen atoms in total. The average molecular weight is 336 g/mol. The molecule has 0 amide bonds. The number of aromatic nitrogens is 1. The third-order valence-corrected chi connectivity index (χ3v) is 4.69. The first-order valence-corrected chi connectivity index (χ1v) is 7.89. The van der Waals surface area contributed by atoms with Gasteiger partial charge in [0.2, 0.25) is 0 Å². The van der Waals surface area contributed by atoms with E-state index in [2.05, 4.69) is 11.1 Å². The number of nitro benzene ring substituents is 1. The van der Waals surface area contributed by atoms with Crippen LogP contribution in [0, 0.1) is 28.4 Å². The van der Waals surface area contributed by atoms with E-state index in [0.29, 0.717) is 16.8 Å². The predicted octanol–water partition coefficient (Wildman–Crippen LogP) is 4.15. The summed E-state index contributed by atoms with van der Waals surface area (Å²) < 4.78 is 0. The van der Waals surface area contributed by atoms with Crippen LogP contribution in [0.5, 0.6) is 0 Å². The lowest BCUT2D eigenvalue weighted by atomic mass is 10.0. The summed E-state index contributed by atoms with van der Waals surface area (Å²) in [6, 6.07) is 12.0. The standard InChI is InChI=1S/C17H12N4O2S/c1-10-6-7-24-16(10)13-8-15(20-17(19)14(13)9-18)11-2-4-12(5-3-11)21(22)23/h2-8H,1H3,(H2,19,20). The van der Waals surface area contributed by atoms with E-state index in [0.717, 1.165) is 16.0 Å². The summed E-state index contributed by atoms with van der Waals surface area (Å²) in [6.45, 7) is 1.97. The molecule has 0 saturated carbocycles. The number of hydrogen-bond donors (Lipinski definition) is 1. The van der Waals surface area contributed by atoms with Crippen molar-refractivity contribution in [2.24, 2.45) is 0 Å².